The molecule has 1 fully saturated rings. The molecule has 1 saturated heterocycles. The molecule has 0 radical (unpaired) electrons. The number of carbonyl (C=O) groups is 1. The van der Waals surface area contributed by atoms with Crippen LogP contribution >= 0.6 is 11.3 Å². The van der Waals surface area contributed by atoms with Gasteiger partial charge in [0.1, 0.15) is 5.00 Å². The Labute approximate surface area is 136 Å². The predicted octanol–water partition coefficient (Wildman–Crippen LogP) is 2.35. The Bertz CT molecular complexity index is 643. The number of thiophene rings is 1. The molecule has 2 rings (SSSR count). The molecule has 0 saturated carbocycles. The summed E-state index contributed by atoms with van der Waals surface area (Å²) in [5.41, 5.74) is 0.648. The molecule has 1 amide bonds. The maximum atomic E-state index is 12.7. The molecule has 22 heavy (non-hydrogen) atoms. The zero-order valence-corrected chi connectivity index (χ0v) is 15.2. The first-order valence-corrected chi connectivity index (χ1v) is 10.2. The monoisotopic (exact) mass is 344 g/mol. The fourth-order valence-corrected chi connectivity index (χ4v) is 4.67. The summed E-state index contributed by atoms with van der Waals surface area (Å²) in [5, 5.41) is 4.14. The lowest BCUT2D eigenvalue weighted by atomic mass is 9.94. The van der Waals surface area contributed by atoms with Crippen LogP contribution in [0.5, 0.6) is 0 Å². The summed E-state index contributed by atoms with van der Waals surface area (Å²) < 4.78 is 23.0. The lowest BCUT2D eigenvalue weighted by Crippen LogP contribution is -2.43. The smallest absolute Gasteiger partial charge is 0.256 e. The molecule has 5 nitrogen and oxygen atoms in total. The number of hydrogen-bond acceptors (Lipinski definition) is 5. The molecule has 0 spiro atoms. The van der Waals surface area contributed by atoms with E-state index in [0.29, 0.717) is 5.56 Å². The Morgan fingerprint density at radius 2 is 1.91 bits per heavy atom. The van der Waals surface area contributed by atoms with Gasteiger partial charge in [-0.15, -0.1) is 11.3 Å². The highest BCUT2D eigenvalue weighted by Crippen LogP contribution is 2.36. The number of hydrogen-bond donors (Lipinski definition) is 1. The van der Waals surface area contributed by atoms with Crippen molar-refractivity contribution < 1.29 is 13.2 Å². The highest BCUT2D eigenvalue weighted by Gasteiger charge is 2.29. The van der Waals surface area contributed by atoms with Crippen molar-refractivity contribution in [2.45, 2.75) is 33.1 Å². The standard InChI is InChI=1S/C15H24N2O3S2/c1-5-16-13-11(10-12(21-13)15(2,3)4)14(18)17-6-8-22(19,20)9-7-17/h10,16H,5-9H2,1-4H3. The Morgan fingerprint density at radius 3 is 2.41 bits per heavy atom. The van der Waals surface area contributed by atoms with Crippen LogP contribution in [0.2, 0.25) is 0 Å². The summed E-state index contributed by atoms with van der Waals surface area (Å²) in [5.74, 6) is 0.0504. The molecule has 0 aromatic carbocycles. The molecule has 1 aromatic heterocycles. The minimum Gasteiger partial charge on any atom is -0.377 e. The van der Waals surface area contributed by atoms with Gasteiger partial charge in [-0.25, -0.2) is 8.42 Å². The number of nitrogens with zero attached hydrogens (tertiary/aromatic N) is 1. The average molecular weight is 345 g/mol. The van der Waals surface area contributed by atoms with E-state index in [2.05, 4.69) is 26.1 Å². The van der Waals surface area contributed by atoms with E-state index in [0.717, 1.165) is 16.4 Å². The van der Waals surface area contributed by atoms with Crippen LogP contribution in [0, 0.1) is 0 Å². The van der Waals surface area contributed by atoms with Crippen molar-refractivity contribution in [3.05, 3.63) is 16.5 Å². The van der Waals surface area contributed by atoms with Crippen molar-refractivity contribution in [3.8, 4) is 0 Å². The van der Waals surface area contributed by atoms with Crippen LogP contribution in [-0.2, 0) is 15.3 Å². The van der Waals surface area contributed by atoms with E-state index in [-0.39, 0.29) is 35.9 Å². The van der Waals surface area contributed by atoms with Gasteiger partial charge in [0, 0.05) is 24.5 Å². The highest BCUT2D eigenvalue weighted by molar-refractivity contribution is 7.91. The molecule has 0 aliphatic carbocycles. The molecule has 0 atom stereocenters. The second-order valence-corrected chi connectivity index (χ2v) is 9.93. The number of sulfone groups is 1. The van der Waals surface area contributed by atoms with Gasteiger partial charge in [-0.2, -0.15) is 0 Å². The van der Waals surface area contributed by atoms with Crippen LogP contribution in [0.1, 0.15) is 42.9 Å². The third-order valence-electron chi connectivity index (χ3n) is 3.67. The van der Waals surface area contributed by atoms with Gasteiger partial charge in [-0.1, -0.05) is 20.8 Å². The van der Waals surface area contributed by atoms with E-state index in [9.17, 15) is 13.2 Å². The molecule has 2 heterocycles. The molecule has 124 valence electrons. The van der Waals surface area contributed by atoms with Gasteiger partial charge in [0.05, 0.1) is 17.1 Å². The second kappa shape index (κ2) is 6.20. The summed E-state index contributed by atoms with van der Waals surface area (Å²) in [4.78, 5) is 15.5. The van der Waals surface area contributed by atoms with Gasteiger partial charge in [-0.3, -0.25) is 4.79 Å². The Morgan fingerprint density at radius 1 is 1.32 bits per heavy atom. The number of nitrogens with one attached hydrogen (secondary N) is 1. The van der Waals surface area contributed by atoms with Gasteiger partial charge < -0.3 is 10.2 Å². The number of rotatable bonds is 3. The minimum atomic E-state index is -2.98. The summed E-state index contributed by atoms with van der Waals surface area (Å²) in [6.45, 7) is 9.68. The fourth-order valence-electron chi connectivity index (χ4n) is 2.30. The molecule has 0 unspecified atom stereocenters. The lowest BCUT2D eigenvalue weighted by molar-refractivity contribution is 0.0771. The second-order valence-electron chi connectivity index (χ2n) is 6.58. The fraction of sp³-hybridized carbons (Fsp3) is 0.667. The van der Waals surface area contributed by atoms with Crippen LogP contribution in [0.15, 0.2) is 6.07 Å². The zero-order chi connectivity index (χ0) is 16.5. The van der Waals surface area contributed by atoms with Crippen LogP contribution in [0.3, 0.4) is 0 Å². The Kier molecular flexibility index (Phi) is 4.87. The van der Waals surface area contributed by atoms with Crippen LogP contribution in [0.25, 0.3) is 0 Å². The summed E-state index contributed by atoms with van der Waals surface area (Å²) in [6.07, 6.45) is 0. The van der Waals surface area contributed by atoms with Crippen LogP contribution < -0.4 is 5.32 Å². The maximum Gasteiger partial charge on any atom is 0.256 e. The quantitative estimate of drug-likeness (QED) is 0.914. The van der Waals surface area contributed by atoms with Gasteiger partial charge in [0.2, 0.25) is 0 Å². The molecule has 0 bridgehead atoms. The Hall–Kier alpha value is -1.08. The van der Waals surface area contributed by atoms with E-state index >= 15 is 0 Å². The third-order valence-corrected chi connectivity index (χ3v) is 6.80. The average Bonchev–Trinajstić information content (AvgIpc) is 2.82. The van der Waals surface area contributed by atoms with E-state index in [1.165, 1.54) is 0 Å². The molecule has 1 aliphatic heterocycles. The Balaban J connectivity index is 2.27. The zero-order valence-electron chi connectivity index (χ0n) is 13.6. The topological polar surface area (TPSA) is 66.5 Å². The van der Waals surface area contributed by atoms with Gasteiger partial charge in [-0.05, 0) is 18.4 Å². The molecular formula is C15H24N2O3S2. The van der Waals surface area contributed by atoms with Crippen LogP contribution in [0.4, 0.5) is 5.00 Å². The van der Waals surface area contributed by atoms with Gasteiger partial charge in [0.15, 0.2) is 9.84 Å². The van der Waals surface area contributed by atoms with Crippen molar-refractivity contribution in [2.75, 3.05) is 36.5 Å². The molecule has 7 heteroatoms. The number of anilines is 1. The van der Waals surface area contributed by atoms with Gasteiger partial charge in [0.25, 0.3) is 5.91 Å². The van der Waals surface area contributed by atoms with Crippen molar-refractivity contribution >= 4 is 32.1 Å². The first-order chi connectivity index (χ1) is 10.1. The molecule has 1 aliphatic rings. The predicted molar refractivity (Wildman–Crippen MR) is 91.7 cm³/mol. The van der Waals surface area contributed by atoms with Crippen LogP contribution in [-0.4, -0.2) is 50.4 Å². The van der Waals surface area contributed by atoms with Gasteiger partial charge >= 0.3 is 0 Å². The highest BCUT2D eigenvalue weighted by atomic mass is 32.2. The normalized spacial score (nSPS) is 18.3. The van der Waals surface area contributed by atoms with E-state index < -0.39 is 9.84 Å². The summed E-state index contributed by atoms with van der Waals surface area (Å²) in [7, 11) is -2.98. The third kappa shape index (κ3) is 3.81. The minimum absolute atomic E-state index is 0.0153. The first kappa shape index (κ1) is 17.3. The maximum absolute atomic E-state index is 12.7. The first-order valence-electron chi connectivity index (χ1n) is 7.52. The SMILES string of the molecule is CCNc1sc(C(C)(C)C)cc1C(=O)N1CCS(=O)(=O)CC1. The van der Waals surface area contributed by atoms with Crippen molar-refractivity contribution in [2.24, 2.45) is 0 Å². The molecular weight excluding hydrogens is 320 g/mol. The van der Waals surface area contributed by atoms with Crippen molar-refractivity contribution in [1.82, 2.24) is 4.90 Å². The van der Waals surface area contributed by atoms with E-state index in [4.69, 9.17) is 0 Å². The number of amides is 1. The molecule has 1 aromatic rings. The summed E-state index contributed by atoms with van der Waals surface area (Å²) >= 11 is 1.61. The molecule has 1 N–H and O–H groups in total. The number of carbonyl (C=O) groups excluding carboxylic acids is 1. The largest absolute Gasteiger partial charge is 0.377 e. The van der Waals surface area contributed by atoms with E-state index in [1.54, 1.807) is 16.2 Å². The lowest BCUT2D eigenvalue weighted by Gasteiger charge is -2.26. The van der Waals surface area contributed by atoms with E-state index in [1.807, 2.05) is 13.0 Å². The van der Waals surface area contributed by atoms with Crippen molar-refractivity contribution in [3.63, 3.8) is 0 Å². The summed E-state index contributed by atoms with van der Waals surface area (Å²) in [6, 6.07) is 1.95. The van der Waals surface area contributed by atoms with Crippen molar-refractivity contribution in [1.29, 1.82) is 0 Å².